The van der Waals surface area contributed by atoms with Crippen molar-refractivity contribution in [1.82, 2.24) is 19.5 Å². The standard InChI is InChI=1S/C14H19ClN4O/c1-9(15)12-18-11-13(16-8-17-14(11)20-2)19(12)10-6-4-3-5-7-10/h8-10H,3-7H2,1-2H3. The molecule has 1 aliphatic carbocycles. The lowest BCUT2D eigenvalue weighted by Crippen LogP contribution is -2.16. The average molecular weight is 295 g/mol. The van der Waals surface area contributed by atoms with E-state index >= 15 is 0 Å². The summed E-state index contributed by atoms with van der Waals surface area (Å²) in [5, 5.41) is -0.157. The summed E-state index contributed by atoms with van der Waals surface area (Å²) >= 11 is 6.32. The van der Waals surface area contributed by atoms with Gasteiger partial charge < -0.3 is 9.30 Å². The Morgan fingerprint density at radius 2 is 2.05 bits per heavy atom. The lowest BCUT2D eigenvalue weighted by atomic mass is 9.95. The molecule has 0 radical (unpaired) electrons. The highest BCUT2D eigenvalue weighted by Crippen LogP contribution is 2.36. The van der Waals surface area contributed by atoms with Crippen LogP contribution in [-0.2, 0) is 0 Å². The van der Waals surface area contributed by atoms with Gasteiger partial charge in [0.15, 0.2) is 11.2 Å². The lowest BCUT2D eigenvalue weighted by molar-refractivity contribution is 0.351. The fourth-order valence-corrected chi connectivity index (χ4v) is 3.19. The quantitative estimate of drug-likeness (QED) is 0.811. The van der Waals surface area contributed by atoms with Crippen molar-refractivity contribution in [3.63, 3.8) is 0 Å². The molecule has 108 valence electrons. The number of methoxy groups -OCH3 is 1. The Balaban J connectivity index is 2.18. The van der Waals surface area contributed by atoms with Gasteiger partial charge in [-0.1, -0.05) is 19.3 Å². The van der Waals surface area contributed by atoms with E-state index in [0.29, 0.717) is 17.4 Å². The fraction of sp³-hybridized carbons (Fsp3) is 0.643. The molecule has 0 spiro atoms. The van der Waals surface area contributed by atoms with Gasteiger partial charge in [0, 0.05) is 6.04 Å². The highest BCUT2D eigenvalue weighted by molar-refractivity contribution is 6.20. The number of imidazole rings is 1. The highest BCUT2D eigenvalue weighted by Gasteiger charge is 2.25. The summed E-state index contributed by atoms with van der Waals surface area (Å²) in [6, 6.07) is 0.435. The Morgan fingerprint density at radius 3 is 2.70 bits per heavy atom. The third-order valence-corrected chi connectivity index (χ3v) is 4.15. The molecule has 0 aromatic carbocycles. The van der Waals surface area contributed by atoms with Crippen LogP contribution in [0.2, 0.25) is 0 Å². The van der Waals surface area contributed by atoms with E-state index in [9.17, 15) is 0 Å². The third kappa shape index (κ3) is 2.24. The van der Waals surface area contributed by atoms with Crippen LogP contribution in [0.15, 0.2) is 6.33 Å². The van der Waals surface area contributed by atoms with Crippen LogP contribution in [0.25, 0.3) is 11.2 Å². The van der Waals surface area contributed by atoms with Crippen LogP contribution in [-0.4, -0.2) is 26.6 Å². The molecule has 1 aliphatic rings. The first-order chi connectivity index (χ1) is 9.72. The first-order valence-electron chi connectivity index (χ1n) is 7.13. The highest BCUT2D eigenvalue weighted by atomic mass is 35.5. The monoisotopic (exact) mass is 294 g/mol. The predicted octanol–water partition coefficient (Wildman–Crippen LogP) is 3.64. The summed E-state index contributed by atoms with van der Waals surface area (Å²) in [6.45, 7) is 1.95. The van der Waals surface area contributed by atoms with E-state index in [-0.39, 0.29) is 5.38 Å². The molecule has 20 heavy (non-hydrogen) atoms. The van der Waals surface area contributed by atoms with Gasteiger partial charge in [-0.2, -0.15) is 4.98 Å². The minimum Gasteiger partial charge on any atom is -0.479 e. The molecule has 1 saturated carbocycles. The number of rotatable bonds is 3. The summed E-state index contributed by atoms with van der Waals surface area (Å²) in [5.41, 5.74) is 1.55. The van der Waals surface area contributed by atoms with E-state index in [2.05, 4.69) is 19.5 Å². The fourth-order valence-electron chi connectivity index (χ4n) is 3.03. The second-order valence-electron chi connectivity index (χ2n) is 5.30. The van der Waals surface area contributed by atoms with Crippen molar-refractivity contribution >= 4 is 22.8 Å². The molecule has 0 aliphatic heterocycles. The van der Waals surface area contributed by atoms with Gasteiger partial charge in [-0.3, -0.25) is 0 Å². The zero-order chi connectivity index (χ0) is 14.1. The van der Waals surface area contributed by atoms with E-state index in [1.165, 1.54) is 25.6 Å². The SMILES string of the molecule is COc1ncnc2c1nc(C(C)Cl)n2C1CCCCC1. The second-order valence-corrected chi connectivity index (χ2v) is 5.96. The molecule has 0 bridgehead atoms. The Kier molecular flexibility index (Phi) is 3.78. The van der Waals surface area contributed by atoms with Crippen molar-refractivity contribution in [1.29, 1.82) is 0 Å². The third-order valence-electron chi connectivity index (χ3n) is 3.96. The maximum Gasteiger partial charge on any atom is 0.245 e. The molecule has 1 fully saturated rings. The van der Waals surface area contributed by atoms with Gasteiger partial charge in [-0.25, -0.2) is 9.97 Å². The van der Waals surface area contributed by atoms with Gasteiger partial charge in [0.25, 0.3) is 0 Å². The van der Waals surface area contributed by atoms with E-state index < -0.39 is 0 Å². The smallest absolute Gasteiger partial charge is 0.245 e. The average Bonchev–Trinajstić information content (AvgIpc) is 2.87. The number of fused-ring (bicyclic) bond motifs is 1. The van der Waals surface area contributed by atoms with Gasteiger partial charge in [0.1, 0.15) is 12.2 Å². The maximum absolute atomic E-state index is 6.32. The van der Waals surface area contributed by atoms with Crippen LogP contribution >= 0.6 is 11.6 Å². The Hall–Kier alpha value is -1.36. The number of aromatic nitrogens is 4. The Bertz CT molecular complexity index is 604. The van der Waals surface area contributed by atoms with Crippen molar-refractivity contribution in [2.24, 2.45) is 0 Å². The number of hydrogen-bond donors (Lipinski definition) is 0. The second kappa shape index (κ2) is 5.56. The molecule has 0 N–H and O–H groups in total. The topological polar surface area (TPSA) is 52.8 Å². The number of halogens is 1. The van der Waals surface area contributed by atoms with Gasteiger partial charge in [0.2, 0.25) is 5.88 Å². The number of nitrogens with zero attached hydrogens (tertiary/aromatic N) is 4. The minimum absolute atomic E-state index is 0.157. The van der Waals surface area contributed by atoms with Gasteiger partial charge in [0.05, 0.1) is 12.5 Å². The summed E-state index contributed by atoms with van der Waals surface area (Å²) in [7, 11) is 1.60. The van der Waals surface area contributed by atoms with Crippen LogP contribution < -0.4 is 4.74 Å². The normalized spacial score (nSPS) is 18.4. The molecule has 2 aromatic rings. The predicted molar refractivity (Wildman–Crippen MR) is 78.3 cm³/mol. The van der Waals surface area contributed by atoms with E-state index in [1.807, 2.05) is 6.92 Å². The number of hydrogen-bond acceptors (Lipinski definition) is 4. The van der Waals surface area contributed by atoms with E-state index in [0.717, 1.165) is 24.3 Å². The van der Waals surface area contributed by atoms with Crippen molar-refractivity contribution in [2.45, 2.75) is 50.4 Å². The van der Waals surface area contributed by atoms with Gasteiger partial charge in [-0.15, -0.1) is 11.6 Å². The van der Waals surface area contributed by atoms with E-state index in [1.54, 1.807) is 7.11 Å². The molecular formula is C14H19ClN4O. The van der Waals surface area contributed by atoms with Gasteiger partial charge >= 0.3 is 0 Å². The van der Waals surface area contributed by atoms with Crippen LogP contribution in [0.1, 0.15) is 56.3 Å². The van der Waals surface area contributed by atoms with Crippen LogP contribution in [0.4, 0.5) is 0 Å². The maximum atomic E-state index is 6.32. The molecule has 1 atom stereocenters. The zero-order valence-corrected chi connectivity index (χ0v) is 12.6. The molecule has 2 heterocycles. The van der Waals surface area contributed by atoms with Crippen molar-refractivity contribution < 1.29 is 4.74 Å². The molecule has 1 unspecified atom stereocenters. The Morgan fingerprint density at radius 1 is 1.30 bits per heavy atom. The van der Waals surface area contributed by atoms with Crippen LogP contribution in [0, 0.1) is 0 Å². The summed E-state index contributed by atoms with van der Waals surface area (Å²) in [5.74, 6) is 1.38. The van der Waals surface area contributed by atoms with Crippen molar-refractivity contribution in [3.8, 4) is 5.88 Å². The van der Waals surface area contributed by atoms with Crippen molar-refractivity contribution in [2.75, 3.05) is 7.11 Å². The zero-order valence-electron chi connectivity index (χ0n) is 11.8. The summed E-state index contributed by atoms with van der Waals surface area (Å²) in [4.78, 5) is 13.2. The van der Waals surface area contributed by atoms with E-state index in [4.69, 9.17) is 16.3 Å². The number of ether oxygens (including phenoxy) is 1. The molecule has 3 rings (SSSR count). The largest absolute Gasteiger partial charge is 0.479 e. The minimum atomic E-state index is -0.157. The van der Waals surface area contributed by atoms with Crippen LogP contribution in [0.3, 0.4) is 0 Å². The first-order valence-corrected chi connectivity index (χ1v) is 7.57. The molecule has 0 saturated heterocycles. The summed E-state index contributed by atoms with van der Waals surface area (Å²) in [6.07, 6.45) is 7.67. The molecule has 5 nitrogen and oxygen atoms in total. The molecular weight excluding hydrogens is 276 g/mol. The number of alkyl halides is 1. The van der Waals surface area contributed by atoms with Crippen molar-refractivity contribution in [3.05, 3.63) is 12.2 Å². The Labute approximate surface area is 123 Å². The van der Waals surface area contributed by atoms with Gasteiger partial charge in [-0.05, 0) is 19.8 Å². The van der Waals surface area contributed by atoms with Crippen LogP contribution in [0.5, 0.6) is 5.88 Å². The lowest BCUT2D eigenvalue weighted by Gasteiger charge is -2.25. The molecule has 2 aromatic heterocycles. The summed E-state index contributed by atoms with van der Waals surface area (Å²) < 4.78 is 7.50. The first kappa shape index (κ1) is 13.6. The molecule has 6 heteroatoms. The molecule has 0 amide bonds.